The van der Waals surface area contributed by atoms with Gasteiger partial charge in [0.05, 0.1) is 5.39 Å². The lowest BCUT2D eigenvalue weighted by molar-refractivity contribution is -0.138. The smallest absolute Gasteiger partial charge is 0.326 e. The highest BCUT2D eigenvalue weighted by Gasteiger charge is 2.33. The number of hydrogen-bond donors (Lipinski definition) is 1. The van der Waals surface area contributed by atoms with E-state index in [1.165, 1.54) is 0 Å². The Hall–Kier alpha value is -2.51. The molecule has 0 unspecified atom stereocenters. The summed E-state index contributed by atoms with van der Waals surface area (Å²) in [4.78, 5) is 23.8. The standard InChI is InChI=1S/C19H19N3O3S/c1-25-10-15-20-17(22-9-5-8-14(22)19(23)24)16-13(11-26-18(16)21-15)12-6-3-2-4-7-12/h2-4,6-7,11,14H,5,8-10H2,1H3,(H,23,24)/t14-/m0/s1. The molecule has 1 atom stereocenters. The van der Waals surface area contributed by atoms with Crippen molar-refractivity contribution in [2.75, 3.05) is 18.6 Å². The molecule has 7 heteroatoms. The van der Waals surface area contributed by atoms with Gasteiger partial charge in [-0.2, -0.15) is 0 Å². The number of carbonyl (C=O) groups is 1. The Morgan fingerprint density at radius 3 is 2.88 bits per heavy atom. The van der Waals surface area contributed by atoms with E-state index in [-0.39, 0.29) is 0 Å². The summed E-state index contributed by atoms with van der Waals surface area (Å²) in [6, 6.07) is 9.52. The van der Waals surface area contributed by atoms with Gasteiger partial charge in [0.2, 0.25) is 0 Å². The van der Waals surface area contributed by atoms with E-state index >= 15 is 0 Å². The molecular weight excluding hydrogens is 350 g/mol. The van der Waals surface area contributed by atoms with Crippen molar-refractivity contribution in [1.82, 2.24) is 9.97 Å². The van der Waals surface area contributed by atoms with Gasteiger partial charge in [0, 0.05) is 24.6 Å². The first-order valence-corrected chi connectivity index (χ1v) is 9.39. The molecule has 6 nitrogen and oxygen atoms in total. The minimum absolute atomic E-state index is 0.299. The Balaban J connectivity index is 1.93. The molecule has 0 saturated carbocycles. The van der Waals surface area contributed by atoms with Gasteiger partial charge in [-0.25, -0.2) is 14.8 Å². The van der Waals surface area contributed by atoms with Crippen LogP contribution in [0.15, 0.2) is 35.7 Å². The van der Waals surface area contributed by atoms with E-state index in [1.54, 1.807) is 18.4 Å². The van der Waals surface area contributed by atoms with Crippen molar-refractivity contribution in [2.45, 2.75) is 25.5 Å². The molecule has 1 N–H and O–H groups in total. The second kappa shape index (κ2) is 7.01. The molecule has 26 heavy (non-hydrogen) atoms. The highest BCUT2D eigenvalue weighted by Crippen LogP contribution is 2.40. The van der Waals surface area contributed by atoms with Crippen LogP contribution in [0, 0.1) is 0 Å². The fraction of sp³-hybridized carbons (Fsp3) is 0.316. The van der Waals surface area contributed by atoms with Crippen LogP contribution in [0.4, 0.5) is 5.82 Å². The van der Waals surface area contributed by atoms with Crippen LogP contribution in [-0.4, -0.2) is 40.7 Å². The largest absolute Gasteiger partial charge is 0.480 e. The summed E-state index contributed by atoms with van der Waals surface area (Å²) in [5, 5.41) is 12.6. The number of carboxylic acid groups (broad SMARTS) is 1. The number of carboxylic acids is 1. The molecule has 3 heterocycles. The number of aliphatic carboxylic acids is 1. The van der Waals surface area contributed by atoms with Crippen molar-refractivity contribution >= 4 is 33.3 Å². The molecule has 0 radical (unpaired) electrons. The van der Waals surface area contributed by atoms with Crippen LogP contribution in [0.25, 0.3) is 21.3 Å². The molecule has 1 aliphatic rings. The van der Waals surface area contributed by atoms with E-state index < -0.39 is 12.0 Å². The summed E-state index contributed by atoms with van der Waals surface area (Å²) in [7, 11) is 1.60. The van der Waals surface area contributed by atoms with Crippen molar-refractivity contribution in [3.63, 3.8) is 0 Å². The normalized spacial score (nSPS) is 17.1. The number of nitrogens with zero attached hydrogens (tertiary/aromatic N) is 3. The first-order chi connectivity index (χ1) is 12.7. The topological polar surface area (TPSA) is 75.5 Å². The van der Waals surface area contributed by atoms with Crippen LogP contribution in [-0.2, 0) is 16.1 Å². The second-order valence-electron chi connectivity index (χ2n) is 6.28. The van der Waals surface area contributed by atoms with Crippen molar-refractivity contribution in [2.24, 2.45) is 0 Å². The molecule has 0 spiro atoms. The maximum atomic E-state index is 11.7. The van der Waals surface area contributed by atoms with Gasteiger partial charge in [0.15, 0.2) is 5.82 Å². The highest BCUT2D eigenvalue weighted by molar-refractivity contribution is 7.17. The van der Waals surface area contributed by atoms with E-state index in [0.29, 0.717) is 31.2 Å². The highest BCUT2D eigenvalue weighted by atomic mass is 32.1. The minimum atomic E-state index is -0.806. The van der Waals surface area contributed by atoms with Crippen LogP contribution in [0.5, 0.6) is 0 Å². The molecule has 0 bridgehead atoms. The van der Waals surface area contributed by atoms with Crippen molar-refractivity contribution in [3.05, 3.63) is 41.5 Å². The third-order valence-electron chi connectivity index (χ3n) is 4.63. The summed E-state index contributed by atoms with van der Waals surface area (Å²) >= 11 is 1.55. The van der Waals surface area contributed by atoms with Gasteiger partial charge in [0.1, 0.15) is 23.3 Å². The van der Waals surface area contributed by atoms with Gasteiger partial charge in [0.25, 0.3) is 0 Å². The lowest BCUT2D eigenvalue weighted by atomic mass is 10.1. The van der Waals surface area contributed by atoms with Crippen LogP contribution >= 0.6 is 11.3 Å². The molecule has 1 aromatic carbocycles. The molecule has 0 aliphatic carbocycles. The minimum Gasteiger partial charge on any atom is -0.480 e. The first kappa shape index (κ1) is 16.9. The average Bonchev–Trinajstić information content (AvgIpc) is 3.29. The van der Waals surface area contributed by atoms with Crippen molar-refractivity contribution in [3.8, 4) is 11.1 Å². The van der Waals surface area contributed by atoms with Gasteiger partial charge in [-0.05, 0) is 18.4 Å². The van der Waals surface area contributed by atoms with E-state index in [0.717, 1.165) is 27.8 Å². The zero-order valence-corrected chi connectivity index (χ0v) is 15.2. The zero-order valence-electron chi connectivity index (χ0n) is 14.4. The van der Waals surface area contributed by atoms with Gasteiger partial charge < -0.3 is 14.7 Å². The van der Waals surface area contributed by atoms with E-state index in [9.17, 15) is 9.90 Å². The fourth-order valence-corrected chi connectivity index (χ4v) is 4.44. The van der Waals surface area contributed by atoms with Crippen molar-refractivity contribution in [1.29, 1.82) is 0 Å². The average molecular weight is 369 g/mol. The number of rotatable bonds is 5. The van der Waals surface area contributed by atoms with Crippen molar-refractivity contribution < 1.29 is 14.6 Å². The Morgan fingerprint density at radius 2 is 2.15 bits per heavy atom. The molecule has 2 aromatic heterocycles. The number of ether oxygens (including phenoxy) is 1. The Kier molecular flexibility index (Phi) is 4.57. The van der Waals surface area contributed by atoms with E-state index in [4.69, 9.17) is 9.72 Å². The van der Waals surface area contributed by atoms with Gasteiger partial charge >= 0.3 is 5.97 Å². The third-order valence-corrected chi connectivity index (χ3v) is 5.50. The molecule has 3 aromatic rings. The molecule has 1 saturated heterocycles. The van der Waals surface area contributed by atoms with Gasteiger partial charge in [-0.15, -0.1) is 11.3 Å². The number of hydrogen-bond acceptors (Lipinski definition) is 6. The predicted molar refractivity (Wildman–Crippen MR) is 102 cm³/mol. The number of fused-ring (bicyclic) bond motifs is 1. The molecule has 4 rings (SSSR count). The summed E-state index contributed by atoms with van der Waals surface area (Å²) in [5.41, 5.74) is 2.12. The number of aromatic nitrogens is 2. The lowest BCUT2D eigenvalue weighted by Crippen LogP contribution is -2.36. The third kappa shape index (κ3) is 2.93. The predicted octanol–water partition coefficient (Wildman–Crippen LogP) is 3.56. The van der Waals surface area contributed by atoms with E-state index in [1.807, 2.05) is 35.2 Å². The number of methoxy groups -OCH3 is 1. The second-order valence-corrected chi connectivity index (χ2v) is 7.14. The van der Waals surface area contributed by atoms with Crippen LogP contribution in [0.2, 0.25) is 0 Å². The van der Waals surface area contributed by atoms with Gasteiger partial charge in [-0.3, -0.25) is 0 Å². The van der Waals surface area contributed by atoms with E-state index in [2.05, 4.69) is 10.4 Å². The molecule has 0 amide bonds. The van der Waals surface area contributed by atoms with Crippen LogP contribution in [0.3, 0.4) is 0 Å². The number of anilines is 1. The maximum Gasteiger partial charge on any atom is 0.326 e. The lowest BCUT2D eigenvalue weighted by Gasteiger charge is -2.24. The Bertz CT molecular complexity index is 942. The van der Waals surface area contributed by atoms with Gasteiger partial charge in [-0.1, -0.05) is 30.3 Å². The Labute approximate surface area is 155 Å². The monoisotopic (exact) mass is 369 g/mol. The number of thiophene rings is 1. The molecule has 1 aliphatic heterocycles. The maximum absolute atomic E-state index is 11.7. The number of benzene rings is 1. The van der Waals surface area contributed by atoms with Crippen LogP contribution < -0.4 is 4.90 Å². The zero-order chi connectivity index (χ0) is 18.1. The first-order valence-electron chi connectivity index (χ1n) is 8.51. The SMILES string of the molecule is COCc1nc(N2CCC[C@H]2C(=O)O)c2c(-c3ccccc3)csc2n1. The molecular formula is C19H19N3O3S. The summed E-state index contributed by atoms with van der Waals surface area (Å²) in [6.45, 7) is 0.979. The Morgan fingerprint density at radius 1 is 1.35 bits per heavy atom. The quantitative estimate of drug-likeness (QED) is 0.741. The molecule has 1 fully saturated rings. The fourth-order valence-electron chi connectivity index (χ4n) is 3.48. The summed E-state index contributed by atoms with van der Waals surface area (Å²) < 4.78 is 5.20. The summed E-state index contributed by atoms with van der Waals surface area (Å²) in [6.07, 6.45) is 1.47. The van der Waals surface area contributed by atoms with Crippen LogP contribution in [0.1, 0.15) is 18.7 Å². The summed E-state index contributed by atoms with van der Waals surface area (Å²) in [5.74, 6) is 0.471. The molecule has 134 valence electrons.